The second kappa shape index (κ2) is 5.21. The molecule has 1 aromatic heterocycles. The van der Waals surface area contributed by atoms with E-state index >= 15 is 0 Å². The van der Waals surface area contributed by atoms with E-state index in [0.717, 1.165) is 0 Å². The maximum Gasteiger partial charge on any atom is 0.242 e. The summed E-state index contributed by atoms with van der Waals surface area (Å²) in [5, 5.41) is 3.29. The van der Waals surface area contributed by atoms with Crippen LogP contribution in [0, 0.1) is 5.41 Å². The molecule has 17 heavy (non-hydrogen) atoms. The summed E-state index contributed by atoms with van der Waals surface area (Å²) in [5.74, 6) is 1.07. The van der Waals surface area contributed by atoms with Gasteiger partial charge in [-0.1, -0.05) is 20.8 Å². The highest BCUT2D eigenvalue weighted by molar-refractivity contribution is 5.66. The first-order valence-electron chi connectivity index (χ1n) is 5.86. The first-order valence-corrected chi connectivity index (χ1v) is 5.86. The zero-order valence-electron chi connectivity index (χ0n) is 11.2. The molecule has 0 radical (unpaired) electrons. The van der Waals surface area contributed by atoms with Crippen molar-refractivity contribution in [2.45, 2.75) is 40.7 Å². The fourth-order valence-corrected chi connectivity index (χ4v) is 1.17. The Morgan fingerprint density at radius 1 is 1.41 bits per heavy atom. The Balaban J connectivity index is 2.88. The van der Waals surface area contributed by atoms with Gasteiger partial charge in [-0.3, -0.25) is 0 Å². The van der Waals surface area contributed by atoms with Gasteiger partial charge in [0.1, 0.15) is 12.0 Å². The summed E-state index contributed by atoms with van der Waals surface area (Å²) in [5.41, 5.74) is 6.54. The number of nitrogen functional groups attached to an aromatic ring is 1. The quantitative estimate of drug-likeness (QED) is 0.842. The molecular weight excluding hydrogens is 216 g/mol. The minimum atomic E-state index is 0.128. The van der Waals surface area contributed by atoms with Crippen LogP contribution in [0.5, 0.6) is 5.88 Å². The van der Waals surface area contributed by atoms with Gasteiger partial charge in [-0.05, 0) is 19.3 Å². The van der Waals surface area contributed by atoms with E-state index in [0.29, 0.717) is 24.0 Å². The van der Waals surface area contributed by atoms with Crippen molar-refractivity contribution < 1.29 is 4.74 Å². The monoisotopic (exact) mass is 238 g/mol. The van der Waals surface area contributed by atoms with Crippen LogP contribution in [-0.4, -0.2) is 22.6 Å². The Labute approximate surface area is 103 Å². The van der Waals surface area contributed by atoms with Crippen LogP contribution in [0.25, 0.3) is 0 Å². The second-order valence-corrected chi connectivity index (χ2v) is 5.11. The predicted molar refractivity (Wildman–Crippen MR) is 70.2 cm³/mol. The predicted octanol–water partition coefficient (Wildman–Crippen LogP) is 2.30. The molecule has 0 aromatic carbocycles. The van der Waals surface area contributed by atoms with E-state index < -0.39 is 0 Å². The van der Waals surface area contributed by atoms with Gasteiger partial charge in [0.25, 0.3) is 0 Å². The standard InChI is InChI=1S/C12H22N4O/c1-6-17-11-9(13)10(14-7-15-11)16-8(2)12(3,4)5/h7-8H,6,13H2,1-5H3,(H,14,15,16). The number of nitrogens with zero attached hydrogens (tertiary/aromatic N) is 2. The van der Waals surface area contributed by atoms with Crippen LogP contribution in [-0.2, 0) is 0 Å². The summed E-state index contributed by atoms with van der Waals surface area (Å²) in [6.07, 6.45) is 1.46. The van der Waals surface area contributed by atoms with Crippen molar-refractivity contribution in [1.29, 1.82) is 0 Å². The molecule has 1 rings (SSSR count). The normalized spacial score (nSPS) is 13.2. The number of hydrogen-bond donors (Lipinski definition) is 2. The minimum absolute atomic E-state index is 0.128. The summed E-state index contributed by atoms with van der Waals surface area (Å²) in [4.78, 5) is 8.15. The molecule has 5 nitrogen and oxygen atoms in total. The summed E-state index contributed by atoms with van der Waals surface area (Å²) >= 11 is 0. The zero-order chi connectivity index (χ0) is 13.1. The summed E-state index contributed by atoms with van der Waals surface area (Å²) in [6.45, 7) is 11.0. The van der Waals surface area contributed by atoms with Gasteiger partial charge in [-0.15, -0.1) is 0 Å². The molecule has 1 heterocycles. The highest BCUT2D eigenvalue weighted by Gasteiger charge is 2.21. The summed E-state index contributed by atoms with van der Waals surface area (Å²) in [7, 11) is 0. The van der Waals surface area contributed by atoms with Crippen molar-refractivity contribution in [2.75, 3.05) is 17.7 Å². The molecule has 1 atom stereocenters. The number of aromatic nitrogens is 2. The molecule has 0 saturated heterocycles. The van der Waals surface area contributed by atoms with Gasteiger partial charge in [0, 0.05) is 6.04 Å². The van der Waals surface area contributed by atoms with Gasteiger partial charge in [0.15, 0.2) is 5.82 Å². The van der Waals surface area contributed by atoms with Crippen molar-refractivity contribution in [3.63, 3.8) is 0 Å². The highest BCUT2D eigenvalue weighted by Crippen LogP contribution is 2.28. The Morgan fingerprint density at radius 3 is 2.59 bits per heavy atom. The molecule has 96 valence electrons. The van der Waals surface area contributed by atoms with Crippen LogP contribution in [0.2, 0.25) is 0 Å². The maximum atomic E-state index is 5.95. The van der Waals surface area contributed by atoms with E-state index in [-0.39, 0.29) is 11.5 Å². The molecule has 0 aliphatic heterocycles. The van der Waals surface area contributed by atoms with E-state index in [1.165, 1.54) is 6.33 Å². The average molecular weight is 238 g/mol. The topological polar surface area (TPSA) is 73.1 Å². The van der Waals surface area contributed by atoms with Crippen molar-refractivity contribution in [3.8, 4) is 5.88 Å². The number of anilines is 2. The molecule has 0 aliphatic carbocycles. The number of nitrogens with one attached hydrogen (secondary N) is 1. The Hall–Kier alpha value is -1.52. The number of nitrogens with two attached hydrogens (primary N) is 1. The number of ether oxygens (including phenoxy) is 1. The van der Waals surface area contributed by atoms with Crippen LogP contribution in [0.15, 0.2) is 6.33 Å². The van der Waals surface area contributed by atoms with Crippen molar-refractivity contribution >= 4 is 11.5 Å². The Bertz CT molecular complexity index is 373. The molecule has 0 bridgehead atoms. The zero-order valence-corrected chi connectivity index (χ0v) is 11.2. The lowest BCUT2D eigenvalue weighted by atomic mass is 9.88. The fourth-order valence-electron chi connectivity index (χ4n) is 1.17. The van der Waals surface area contributed by atoms with Crippen LogP contribution < -0.4 is 15.8 Å². The van der Waals surface area contributed by atoms with E-state index in [1.54, 1.807) is 0 Å². The van der Waals surface area contributed by atoms with Gasteiger partial charge in [-0.25, -0.2) is 4.98 Å². The maximum absolute atomic E-state index is 5.95. The largest absolute Gasteiger partial charge is 0.476 e. The first kappa shape index (κ1) is 13.5. The van der Waals surface area contributed by atoms with Crippen LogP contribution in [0.1, 0.15) is 34.6 Å². The summed E-state index contributed by atoms with van der Waals surface area (Å²) in [6, 6.07) is 0.245. The third-order valence-corrected chi connectivity index (χ3v) is 2.78. The number of rotatable bonds is 4. The van der Waals surface area contributed by atoms with Crippen LogP contribution in [0.4, 0.5) is 11.5 Å². The first-order chi connectivity index (χ1) is 7.86. The van der Waals surface area contributed by atoms with Crippen molar-refractivity contribution in [2.24, 2.45) is 5.41 Å². The van der Waals surface area contributed by atoms with E-state index in [4.69, 9.17) is 10.5 Å². The molecule has 5 heteroatoms. The summed E-state index contributed by atoms with van der Waals surface area (Å²) < 4.78 is 5.33. The van der Waals surface area contributed by atoms with Gasteiger partial charge in [-0.2, -0.15) is 4.98 Å². The third kappa shape index (κ3) is 3.47. The average Bonchev–Trinajstić information content (AvgIpc) is 2.22. The molecule has 0 fully saturated rings. The second-order valence-electron chi connectivity index (χ2n) is 5.11. The molecular formula is C12H22N4O. The molecule has 3 N–H and O–H groups in total. The van der Waals surface area contributed by atoms with Crippen LogP contribution >= 0.6 is 0 Å². The molecule has 0 aliphatic rings. The van der Waals surface area contributed by atoms with Gasteiger partial charge in [0.2, 0.25) is 5.88 Å². The lowest BCUT2D eigenvalue weighted by molar-refractivity contribution is 0.328. The lowest BCUT2D eigenvalue weighted by Gasteiger charge is -2.28. The molecule has 0 spiro atoms. The smallest absolute Gasteiger partial charge is 0.242 e. The Kier molecular flexibility index (Phi) is 4.15. The molecule has 0 amide bonds. The fraction of sp³-hybridized carbons (Fsp3) is 0.667. The third-order valence-electron chi connectivity index (χ3n) is 2.78. The van der Waals surface area contributed by atoms with E-state index in [1.807, 2.05) is 6.92 Å². The molecule has 0 saturated carbocycles. The van der Waals surface area contributed by atoms with Crippen LogP contribution in [0.3, 0.4) is 0 Å². The molecule has 1 aromatic rings. The minimum Gasteiger partial charge on any atom is -0.476 e. The highest BCUT2D eigenvalue weighted by atomic mass is 16.5. The molecule has 1 unspecified atom stereocenters. The van der Waals surface area contributed by atoms with E-state index in [2.05, 4.69) is 43.0 Å². The SMILES string of the molecule is CCOc1ncnc(NC(C)C(C)(C)C)c1N. The number of hydrogen-bond acceptors (Lipinski definition) is 5. The van der Waals surface area contributed by atoms with E-state index in [9.17, 15) is 0 Å². The van der Waals surface area contributed by atoms with Crippen molar-refractivity contribution in [3.05, 3.63) is 6.33 Å². The van der Waals surface area contributed by atoms with Crippen molar-refractivity contribution in [1.82, 2.24) is 9.97 Å². The van der Waals surface area contributed by atoms with Gasteiger partial charge < -0.3 is 15.8 Å². The Morgan fingerprint density at radius 2 is 2.06 bits per heavy atom. The van der Waals surface area contributed by atoms with Gasteiger partial charge >= 0.3 is 0 Å². The lowest BCUT2D eigenvalue weighted by Crippen LogP contribution is -2.31. The van der Waals surface area contributed by atoms with Gasteiger partial charge in [0.05, 0.1) is 6.61 Å².